The van der Waals surface area contributed by atoms with Gasteiger partial charge in [0, 0.05) is 20.9 Å². The van der Waals surface area contributed by atoms with Gasteiger partial charge in [-0.1, -0.05) is 102 Å². The first kappa shape index (κ1) is 35.5. The molecule has 3 rings (SSSR count). The van der Waals surface area contributed by atoms with E-state index in [2.05, 4.69) is 26.0 Å². The van der Waals surface area contributed by atoms with E-state index in [0.717, 1.165) is 79.5 Å². The van der Waals surface area contributed by atoms with Crippen molar-refractivity contribution in [1.29, 1.82) is 10.5 Å². The molecule has 1 aromatic carbocycles. The average molecular weight is 627 g/mol. The normalized spacial score (nSPS) is 14.3. The molecule has 0 bridgehead atoms. The average Bonchev–Trinajstić information content (AvgIpc) is 3.52. The molecule has 1 heterocycles. The molecule has 238 valence electrons. The van der Waals surface area contributed by atoms with Crippen molar-refractivity contribution >= 4 is 40.5 Å². The van der Waals surface area contributed by atoms with Gasteiger partial charge in [-0.3, -0.25) is 0 Å². The molecule has 0 N–H and O–H groups in total. The first-order valence-electron chi connectivity index (χ1n) is 16.4. The smallest absolute Gasteiger partial charge is 0.349 e. The lowest BCUT2D eigenvalue weighted by molar-refractivity contribution is -0.139. The molecule has 0 atom stereocenters. The van der Waals surface area contributed by atoms with E-state index >= 15 is 0 Å². The van der Waals surface area contributed by atoms with Gasteiger partial charge in [0.05, 0.1) is 13.2 Å². The van der Waals surface area contributed by atoms with Crippen LogP contribution >= 0.6 is 11.3 Å². The molecule has 45 heavy (non-hydrogen) atoms. The maximum Gasteiger partial charge on any atom is 0.349 e. The van der Waals surface area contributed by atoms with Crippen LogP contribution in [0.2, 0.25) is 0 Å². The van der Waals surface area contributed by atoms with Gasteiger partial charge in [-0.2, -0.15) is 10.5 Å². The zero-order valence-electron chi connectivity index (χ0n) is 27.3. The first-order chi connectivity index (χ1) is 21.9. The van der Waals surface area contributed by atoms with E-state index in [4.69, 9.17) is 9.47 Å². The van der Waals surface area contributed by atoms with Crippen molar-refractivity contribution in [3.05, 3.63) is 73.5 Å². The molecule has 2 aromatic rings. The summed E-state index contributed by atoms with van der Waals surface area (Å²) in [5, 5.41) is 20.7. The topological polar surface area (TPSA) is 100 Å². The van der Waals surface area contributed by atoms with E-state index in [1.165, 1.54) is 12.8 Å². The Hall–Kier alpha value is -3.94. The number of allylic oxidation sites excluding steroid dienone is 3. The van der Waals surface area contributed by atoms with E-state index in [1.807, 2.05) is 50.3 Å². The Morgan fingerprint density at radius 2 is 1.18 bits per heavy atom. The molecule has 0 saturated carbocycles. The Kier molecular flexibility index (Phi) is 14.8. The van der Waals surface area contributed by atoms with Gasteiger partial charge in [-0.25, -0.2) is 9.59 Å². The van der Waals surface area contributed by atoms with E-state index in [1.54, 1.807) is 11.3 Å². The number of carbonyl (C=O) groups is 2. The number of thiophene rings is 1. The molecule has 0 spiro atoms. The van der Waals surface area contributed by atoms with Gasteiger partial charge in [0.2, 0.25) is 0 Å². The number of nitrogens with zero attached hydrogens (tertiary/aromatic N) is 2. The molecule has 1 aliphatic carbocycles. The van der Waals surface area contributed by atoms with Crippen molar-refractivity contribution in [3.63, 3.8) is 0 Å². The van der Waals surface area contributed by atoms with Crippen molar-refractivity contribution < 1.29 is 19.1 Å². The lowest BCUT2D eigenvalue weighted by Gasteiger charge is -2.11. The van der Waals surface area contributed by atoms with Crippen LogP contribution in [0, 0.1) is 36.5 Å². The predicted octanol–water partition coefficient (Wildman–Crippen LogP) is 9.82. The van der Waals surface area contributed by atoms with E-state index < -0.39 is 11.9 Å². The number of nitriles is 2. The highest BCUT2D eigenvalue weighted by atomic mass is 32.1. The molecular formula is C38H46N2O4S. The summed E-state index contributed by atoms with van der Waals surface area (Å²) in [5.74, 6) is -1.41. The summed E-state index contributed by atoms with van der Waals surface area (Å²) in [7, 11) is 0. The zero-order valence-corrected chi connectivity index (χ0v) is 28.1. The summed E-state index contributed by atoms with van der Waals surface area (Å²) >= 11 is 1.63. The van der Waals surface area contributed by atoms with Gasteiger partial charge >= 0.3 is 11.9 Å². The van der Waals surface area contributed by atoms with Crippen LogP contribution in [0.3, 0.4) is 0 Å². The number of benzene rings is 1. The Morgan fingerprint density at radius 3 is 1.58 bits per heavy atom. The minimum Gasteiger partial charge on any atom is -0.462 e. The van der Waals surface area contributed by atoms with Gasteiger partial charge in [0.1, 0.15) is 23.3 Å². The van der Waals surface area contributed by atoms with Crippen LogP contribution in [-0.2, 0) is 19.1 Å². The van der Waals surface area contributed by atoms with Crippen molar-refractivity contribution in [2.24, 2.45) is 0 Å². The Balaban J connectivity index is 2.04. The number of aryl methyl sites for hydroxylation is 2. The summed E-state index contributed by atoms with van der Waals surface area (Å²) in [5.41, 5.74) is 3.03. The van der Waals surface area contributed by atoms with Crippen LogP contribution < -0.4 is 0 Å². The van der Waals surface area contributed by atoms with Gasteiger partial charge < -0.3 is 9.47 Å². The van der Waals surface area contributed by atoms with E-state index in [-0.39, 0.29) is 24.4 Å². The molecule has 0 fully saturated rings. The first-order valence-corrected chi connectivity index (χ1v) is 17.2. The fourth-order valence-corrected chi connectivity index (χ4v) is 6.52. The molecule has 0 saturated heterocycles. The number of fused-ring (bicyclic) bond motifs is 1. The number of rotatable bonds is 17. The minimum atomic E-state index is -0.703. The van der Waals surface area contributed by atoms with E-state index in [9.17, 15) is 20.1 Å². The number of hydrogen-bond donors (Lipinski definition) is 0. The highest BCUT2D eigenvalue weighted by molar-refractivity contribution is 7.12. The summed E-state index contributed by atoms with van der Waals surface area (Å²) in [6, 6.07) is 13.5. The largest absolute Gasteiger partial charge is 0.462 e. The fraction of sp³-hybridized carbons (Fsp3) is 0.474. The summed E-state index contributed by atoms with van der Waals surface area (Å²) in [6.07, 6.45) is 14.4. The zero-order chi connectivity index (χ0) is 32.6. The number of ether oxygens (including phenoxy) is 2. The Morgan fingerprint density at radius 1 is 0.733 bits per heavy atom. The SMILES string of the molecule is CCCCCCCCOC(=O)/C(C#N)=C1\C(=Cc2cc(C)sc2C)/C(=C(/C#N)C(=O)OCCCCCCCC)c2ccccc21. The lowest BCUT2D eigenvalue weighted by Crippen LogP contribution is -2.11. The van der Waals surface area contributed by atoms with Gasteiger partial charge in [-0.15, -0.1) is 11.3 Å². The van der Waals surface area contributed by atoms with Crippen LogP contribution in [0.1, 0.15) is 117 Å². The second-order valence-electron chi connectivity index (χ2n) is 11.5. The van der Waals surface area contributed by atoms with E-state index in [0.29, 0.717) is 27.8 Å². The maximum atomic E-state index is 13.4. The van der Waals surface area contributed by atoms with Gasteiger partial charge in [-0.05, 0) is 61.1 Å². The van der Waals surface area contributed by atoms with Crippen molar-refractivity contribution in [2.75, 3.05) is 13.2 Å². The third-order valence-corrected chi connectivity index (χ3v) is 8.96. The second kappa shape index (κ2) is 18.8. The highest BCUT2D eigenvalue weighted by Crippen LogP contribution is 2.49. The molecule has 0 amide bonds. The van der Waals surface area contributed by atoms with Crippen LogP contribution in [0.4, 0.5) is 0 Å². The van der Waals surface area contributed by atoms with Crippen molar-refractivity contribution in [2.45, 2.75) is 105 Å². The molecule has 1 aromatic heterocycles. The molecule has 6 nitrogen and oxygen atoms in total. The summed E-state index contributed by atoms with van der Waals surface area (Å²) in [4.78, 5) is 29.0. The monoisotopic (exact) mass is 626 g/mol. The molecular weight excluding hydrogens is 580 g/mol. The second-order valence-corrected chi connectivity index (χ2v) is 13.0. The molecule has 0 unspecified atom stereocenters. The van der Waals surface area contributed by atoms with Gasteiger partial charge in [0.25, 0.3) is 0 Å². The third-order valence-electron chi connectivity index (χ3n) is 7.98. The Labute approximate surface area is 273 Å². The fourth-order valence-electron chi connectivity index (χ4n) is 5.61. The number of esters is 2. The Bertz CT molecular complexity index is 1430. The molecule has 0 aliphatic heterocycles. The van der Waals surface area contributed by atoms with Crippen molar-refractivity contribution in [1.82, 2.24) is 0 Å². The number of unbranched alkanes of at least 4 members (excludes halogenated alkanes) is 10. The third kappa shape index (κ3) is 9.77. The highest BCUT2D eigenvalue weighted by Gasteiger charge is 2.36. The summed E-state index contributed by atoms with van der Waals surface area (Å²) < 4.78 is 11.2. The van der Waals surface area contributed by atoms with Crippen LogP contribution in [0.5, 0.6) is 0 Å². The van der Waals surface area contributed by atoms with Crippen LogP contribution in [0.15, 0.2) is 47.1 Å². The molecule has 7 heteroatoms. The molecule has 0 radical (unpaired) electrons. The predicted molar refractivity (Wildman–Crippen MR) is 182 cm³/mol. The van der Waals surface area contributed by atoms with Crippen LogP contribution in [-0.4, -0.2) is 25.2 Å². The maximum absolute atomic E-state index is 13.4. The standard InChI is InChI=1S/C38H46N2O4S/c1-5-7-9-11-13-17-21-43-37(41)33(25-39)35-30-19-15-16-20-31(30)36(32(35)24-29-23-27(3)45-28(29)4)34(26-40)38(42)44-22-18-14-12-10-8-6-2/h15-16,19-20,23-24H,5-14,17-18,21-22H2,1-4H3/b35-33-,36-34-. The number of hydrogen-bond acceptors (Lipinski definition) is 7. The molecule has 1 aliphatic rings. The number of carbonyl (C=O) groups excluding carboxylic acids is 2. The lowest BCUT2D eigenvalue weighted by atomic mass is 9.94. The quantitative estimate of drug-likeness (QED) is 0.0750. The van der Waals surface area contributed by atoms with Gasteiger partial charge in [0.15, 0.2) is 0 Å². The van der Waals surface area contributed by atoms with Crippen molar-refractivity contribution in [3.8, 4) is 12.1 Å². The summed E-state index contributed by atoms with van der Waals surface area (Å²) in [6.45, 7) is 8.80. The minimum absolute atomic E-state index is 0.142. The van der Waals surface area contributed by atoms with Crippen LogP contribution in [0.25, 0.3) is 17.2 Å².